The Kier molecular flexibility index (Phi) is 4.97. The van der Waals surface area contributed by atoms with Crippen LogP contribution in [-0.2, 0) is 9.53 Å². The van der Waals surface area contributed by atoms with Crippen molar-refractivity contribution in [1.82, 2.24) is 5.32 Å². The van der Waals surface area contributed by atoms with Crippen molar-refractivity contribution in [2.45, 2.75) is 20.0 Å². The Morgan fingerprint density at radius 3 is 2.72 bits per heavy atom. The van der Waals surface area contributed by atoms with Gasteiger partial charge in [-0.2, -0.15) is 0 Å². The van der Waals surface area contributed by atoms with Crippen LogP contribution in [0.5, 0.6) is 5.75 Å². The number of rotatable bonds is 4. The summed E-state index contributed by atoms with van der Waals surface area (Å²) in [5, 5.41) is 12.4. The Hall–Kier alpha value is -1.75. The number of benzene rings is 1. The van der Waals surface area contributed by atoms with E-state index in [-0.39, 0.29) is 17.2 Å². The molecule has 0 saturated heterocycles. The number of likely N-dealkylation sites (N-methyl/N-ethyl adjacent to an activating group) is 1. The monoisotopic (exact) mass is 271 g/mol. The van der Waals surface area contributed by atoms with Gasteiger partial charge in [-0.15, -0.1) is 0 Å². The average molecular weight is 272 g/mol. The number of phenolic OH excluding ortho intramolecular Hbond substituents is 1. The van der Waals surface area contributed by atoms with Crippen LogP contribution in [0.25, 0.3) is 0 Å². The van der Waals surface area contributed by atoms with E-state index in [2.05, 4.69) is 5.32 Å². The van der Waals surface area contributed by atoms with Crippen molar-refractivity contribution in [2.24, 2.45) is 0 Å². The molecule has 0 saturated carbocycles. The smallest absolute Gasteiger partial charge is 0.342 e. The molecular formula is C12H14ClNO4. The van der Waals surface area contributed by atoms with E-state index in [1.807, 2.05) is 0 Å². The molecule has 0 bridgehead atoms. The third-order valence-electron chi connectivity index (χ3n) is 2.18. The van der Waals surface area contributed by atoms with Gasteiger partial charge in [0.25, 0.3) is 5.91 Å². The summed E-state index contributed by atoms with van der Waals surface area (Å²) in [5.74, 6) is -1.45. The zero-order valence-corrected chi connectivity index (χ0v) is 10.8. The molecule has 6 heteroatoms. The van der Waals surface area contributed by atoms with E-state index >= 15 is 0 Å². The molecule has 1 rings (SSSR count). The first-order valence-corrected chi connectivity index (χ1v) is 5.80. The van der Waals surface area contributed by atoms with Crippen LogP contribution in [-0.4, -0.2) is 29.6 Å². The molecule has 1 aromatic rings. The lowest BCUT2D eigenvalue weighted by molar-refractivity contribution is -0.128. The molecule has 0 aliphatic heterocycles. The minimum absolute atomic E-state index is 0.0319. The first-order chi connectivity index (χ1) is 8.45. The molecule has 0 heterocycles. The summed E-state index contributed by atoms with van der Waals surface area (Å²) in [6.45, 7) is 3.67. The summed E-state index contributed by atoms with van der Waals surface area (Å²) in [6, 6.07) is 4.02. The molecule has 2 N–H and O–H groups in total. The van der Waals surface area contributed by atoms with Crippen LogP contribution >= 0.6 is 11.6 Å². The zero-order valence-electron chi connectivity index (χ0n) is 10.1. The highest BCUT2D eigenvalue weighted by Gasteiger charge is 2.20. The van der Waals surface area contributed by atoms with Crippen molar-refractivity contribution in [3.8, 4) is 5.75 Å². The molecule has 1 amide bonds. The highest BCUT2D eigenvalue weighted by molar-refractivity contribution is 6.30. The average Bonchev–Trinajstić information content (AvgIpc) is 2.28. The van der Waals surface area contributed by atoms with Crippen LogP contribution in [0, 0.1) is 0 Å². The molecule has 1 aromatic carbocycles. The topological polar surface area (TPSA) is 75.6 Å². The Morgan fingerprint density at radius 1 is 1.50 bits per heavy atom. The number of nitrogens with one attached hydrogen (secondary N) is 1. The molecule has 0 aromatic heterocycles. The second-order valence-electron chi connectivity index (χ2n) is 3.60. The van der Waals surface area contributed by atoms with Crippen molar-refractivity contribution in [3.05, 3.63) is 28.8 Å². The number of hydrogen-bond donors (Lipinski definition) is 2. The van der Waals surface area contributed by atoms with Gasteiger partial charge < -0.3 is 15.2 Å². The van der Waals surface area contributed by atoms with Gasteiger partial charge >= 0.3 is 5.97 Å². The number of aromatic hydroxyl groups is 1. The van der Waals surface area contributed by atoms with Crippen molar-refractivity contribution in [3.63, 3.8) is 0 Å². The molecule has 0 aliphatic rings. The summed E-state index contributed by atoms with van der Waals surface area (Å²) in [7, 11) is 0. The van der Waals surface area contributed by atoms with Crippen LogP contribution in [0.2, 0.25) is 5.02 Å². The van der Waals surface area contributed by atoms with E-state index in [0.29, 0.717) is 11.6 Å². The fourth-order valence-corrected chi connectivity index (χ4v) is 1.44. The normalized spacial score (nSPS) is 11.7. The summed E-state index contributed by atoms with van der Waals surface area (Å²) < 4.78 is 4.92. The quantitative estimate of drug-likeness (QED) is 0.818. The Bertz CT molecular complexity index is 461. The number of hydrogen-bond acceptors (Lipinski definition) is 4. The van der Waals surface area contributed by atoms with Crippen molar-refractivity contribution < 1.29 is 19.4 Å². The van der Waals surface area contributed by atoms with Crippen LogP contribution in [0.3, 0.4) is 0 Å². The number of carbonyl (C=O) groups is 2. The molecule has 1 atom stereocenters. The molecule has 0 unspecified atom stereocenters. The fraction of sp³-hybridized carbons (Fsp3) is 0.333. The minimum Gasteiger partial charge on any atom is -0.507 e. The van der Waals surface area contributed by atoms with E-state index in [4.69, 9.17) is 16.3 Å². The maximum atomic E-state index is 11.7. The number of halogens is 1. The summed E-state index contributed by atoms with van der Waals surface area (Å²) in [5.41, 5.74) is -0.0319. The molecular weight excluding hydrogens is 258 g/mol. The second kappa shape index (κ2) is 6.26. The van der Waals surface area contributed by atoms with Crippen molar-refractivity contribution in [2.75, 3.05) is 6.54 Å². The molecule has 0 spiro atoms. The molecule has 0 radical (unpaired) electrons. The highest BCUT2D eigenvalue weighted by Crippen LogP contribution is 2.22. The lowest BCUT2D eigenvalue weighted by Gasteiger charge is -2.13. The highest BCUT2D eigenvalue weighted by atomic mass is 35.5. The zero-order chi connectivity index (χ0) is 13.7. The fourth-order valence-electron chi connectivity index (χ4n) is 1.27. The van der Waals surface area contributed by atoms with Gasteiger partial charge in [0, 0.05) is 11.6 Å². The Labute approximate surface area is 110 Å². The van der Waals surface area contributed by atoms with Gasteiger partial charge in [-0.25, -0.2) is 4.79 Å². The van der Waals surface area contributed by atoms with Crippen LogP contribution in [0.4, 0.5) is 0 Å². The minimum atomic E-state index is -0.924. The first-order valence-electron chi connectivity index (χ1n) is 5.43. The summed E-state index contributed by atoms with van der Waals surface area (Å²) in [6.07, 6.45) is -0.924. The lowest BCUT2D eigenvalue weighted by Crippen LogP contribution is -2.35. The van der Waals surface area contributed by atoms with E-state index in [0.717, 1.165) is 0 Å². The molecule has 98 valence electrons. The van der Waals surface area contributed by atoms with Crippen LogP contribution in [0.15, 0.2) is 18.2 Å². The maximum absolute atomic E-state index is 11.7. The van der Waals surface area contributed by atoms with E-state index < -0.39 is 12.1 Å². The first kappa shape index (κ1) is 14.3. The second-order valence-corrected chi connectivity index (χ2v) is 4.04. The molecule has 0 fully saturated rings. The Morgan fingerprint density at radius 2 is 2.17 bits per heavy atom. The van der Waals surface area contributed by atoms with Gasteiger partial charge in [-0.1, -0.05) is 11.6 Å². The van der Waals surface area contributed by atoms with Crippen LogP contribution < -0.4 is 5.32 Å². The number of carbonyl (C=O) groups excluding carboxylic acids is 2. The number of esters is 1. The van der Waals surface area contributed by atoms with Crippen molar-refractivity contribution in [1.29, 1.82) is 0 Å². The van der Waals surface area contributed by atoms with Gasteiger partial charge in [0.15, 0.2) is 6.10 Å². The largest absolute Gasteiger partial charge is 0.507 e. The van der Waals surface area contributed by atoms with E-state index in [1.165, 1.54) is 25.1 Å². The predicted octanol–water partition coefficient (Wildman–Crippen LogP) is 1.73. The maximum Gasteiger partial charge on any atom is 0.342 e. The predicted molar refractivity (Wildman–Crippen MR) is 66.7 cm³/mol. The number of ether oxygens (including phenoxy) is 1. The van der Waals surface area contributed by atoms with Gasteiger partial charge in [-0.3, -0.25) is 4.79 Å². The van der Waals surface area contributed by atoms with Crippen LogP contribution in [0.1, 0.15) is 24.2 Å². The number of phenols is 1. The SMILES string of the molecule is CCNC(=O)[C@@H](C)OC(=O)c1ccc(Cl)cc1O. The summed E-state index contributed by atoms with van der Waals surface area (Å²) in [4.78, 5) is 23.1. The number of amides is 1. The van der Waals surface area contributed by atoms with Crippen molar-refractivity contribution >= 4 is 23.5 Å². The lowest BCUT2D eigenvalue weighted by atomic mass is 10.2. The summed E-state index contributed by atoms with van der Waals surface area (Å²) >= 11 is 5.64. The van der Waals surface area contributed by atoms with Gasteiger partial charge in [-0.05, 0) is 32.0 Å². The third-order valence-corrected chi connectivity index (χ3v) is 2.42. The third kappa shape index (κ3) is 3.63. The molecule has 18 heavy (non-hydrogen) atoms. The van der Waals surface area contributed by atoms with Gasteiger partial charge in [0.05, 0.1) is 0 Å². The van der Waals surface area contributed by atoms with Gasteiger partial charge in [0.1, 0.15) is 11.3 Å². The van der Waals surface area contributed by atoms with Gasteiger partial charge in [0.2, 0.25) is 0 Å². The standard InChI is InChI=1S/C12H14ClNO4/c1-3-14-11(16)7(2)18-12(17)9-5-4-8(13)6-10(9)15/h4-7,15H,3H2,1-2H3,(H,14,16)/t7-/m1/s1. The Balaban J connectivity index is 2.73. The molecule has 5 nitrogen and oxygen atoms in total. The molecule has 0 aliphatic carbocycles. The van der Waals surface area contributed by atoms with E-state index in [1.54, 1.807) is 6.92 Å². The van der Waals surface area contributed by atoms with E-state index in [9.17, 15) is 14.7 Å².